The highest BCUT2D eigenvalue weighted by Gasteiger charge is 2.36. The predicted molar refractivity (Wildman–Crippen MR) is 101 cm³/mol. The average Bonchev–Trinajstić information content (AvgIpc) is 2.80. The van der Waals surface area contributed by atoms with E-state index in [1.165, 1.54) is 24.0 Å². The Morgan fingerprint density at radius 1 is 0.810 bits per heavy atom. The Kier molecular flexibility index (Phi) is 13.2. The molecule has 1 saturated carbocycles. The van der Waals surface area contributed by atoms with Gasteiger partial charge in [-0.25, -0.2) is 0 Å². The molecule has 0 heterocycles. The predicted octanol–water partition coefficient (Wildman–Crippen LogP) is 7.12. The number of hydrogen-bond acceptors (Lipinski definition) is 0. The van der Waals surface area contributed by atoms with Crippen LogP contribution in [0, 0.1) is 11.8 Å². The Balaban J connectivity index is 0. The molecule has 0 aliphatic heterocycles. The minimum Gasteiger partial charge on any atom is -0.0808 e. The Hall–Kier alpha value is -0.455. The zero-order chi connectivity index (χ0) is 17.1. The average molecular weight is 290 g/mol. The van der Waals surface area contributed by atoms with Crippen LogP contribution in [0.25, 0.3) is 0 Å². The number of allylic oxidation sites excluding steroid dienone is 4. The fraction of sp³-hybridized carbons (Fsp3) is 0.800. The van der Waals surface area contributed by atoms with E-state index in [1.54, 1.807) is 0 Å². The van der Waals surface area contributed by atoms with Crippen LogP contribution in [0.2, 0.25) is 5.31 Å². The molecule has 0 aromatic carbocycles. The third-order valence-electron chi connectivity index (χ3n) is 3.55. The summed E-state index contributed by atoms with van der Waals surface area (Å²) < 4.78 is 0. The maximum atomic E-state index is 6.38. The van der Waals surface area contributed by atoms with Crippen LogP contribution in [0.4, 0.5) is 0 Å². The van der Waals surface area contributed by atoms with Crippen molar-refractivity contribution in [3.05, 3.63) is 23.3 Å². The maximum absolute atomic E-state index is 6.38. The molecule has 2 radical (unpaired) electrons. The van der Waals surface area contributed by atoms with Crippen molar-refractivity contribution in [1.29, 1.82) is 0 Å². The Morgan fingerprint density at radius 2 is 1.10 bits per heavy atom. The van der Waals surface area contributed by atoms with E-state index in [-0.39, 0.29) is 5.31 Å². The van der Waals surface area contributed by atoms with Gasteiger partial charge in [-0.3, -0.25) is 0 Å². The maximum Gasteiger partial charge on any atom is 0.0758 e. The lowest BCUT2D eigenvalue weighted by Gasteiger charge is -2.28. The first kappa shape index (κ1) is 22.8. The molecule has 1 fully saturated rings. The van der Waals surface area contributed by atoms with E-state index in [1.807, 2.05) is 27.7 Å². The van der Waals surface area contributed by atoms with Crippen LogP contribution in [-0.4, -0.2) is 7.85 Å². The van der Waals surface area contributed by atoms with E-state index in [2.05, 4.69) is 46.8 Å². The van der Waals surface area contributed by atoms with Gasteiger partial charge < -0.3 is 0 Å². The van der Waals surface area contributed by atoms with E-state index in [9.17, 15) is 0 Å². The van der Waals surface area contributed by atoms with Crippen LogP contribution in [0.15, 0.2) is 23.3 Å². The van der Waals surface area contributed by atoms with E-state index in [0.717, 1.165) is 18.8 Å². The smallest absolute Gasteiger partial charge is 0.0758 e. The fourth-order valence-corrected chi connectivity index (χ4v) is 2.33. The van der Waals surface area contributed by atoms with Gasteiger partial charge in [-0.05, 0) is 48.7 Å². The van der Waals surface area contributed by atoms with Gasteiger partial charge in [0, 0.05) is 0 Å². The van der Waals surface area contributed by atoms with Crippen molar-refractivity contribution in [2.45, 2.75) is 93.3 Å². The molecule has 122 valence electrons. The first-order valence-corrected chi connectivity index (χ1v) is 9.02. The molecular weight excluding hydrogens is 251 g/mol. The van der Waals surface area contributed by atoms with Gasteiger partial charge in [0.25, 0.3) is 0 Å². The molecule has 0 N–H and O–H groups in total. The highest BCUT2D eigenvalue weighted by molar-refractivity contribution is 6.16. The zero-order valence-electron chi connectivity index (χ0n) is 16.2. The molecule has 0 nitrogen and oxygen atoms in total. The molecule has 0 amide bonds. The lowest BCUT2D eigenvalue weighted by Crippen LogP contribution is -2.15. The number of rotatable bonds is 1. The normalized spacial score (nSPS) is 18.0. The summed E-state index contributed by atoms with van der Waals surface area (Å²) in [5, 5.41) is 0.0437. The van der Waals surface area contributed by atoms with Gasteiger partial charge in [-0.15, -0.1) is 0 Å². The van der Waals surface area contributed by atoms with E-state index in [0.29, 0.717) is 5.92 Å². The Bertz CT molecular complexity index is 283. The highest BCUT2D eigenvalue weighted by atomic mass is 14.4. The summed E-state index contributed by atoms with van der Waals surface area (Å²) in [5.41, 5.74) is 3.06. The second-order valence-electron chi connectivity index (χ2n) is 6.51. The highest BCUT2D eigenvalue weighted by Crippen LogP contribution is 2.54. The summed E-state index contributed by atoms with van der Waals surface area (Å²) >= 11 is 0. The molecule has 21 heavy (non-hydrogen) atoms. The summed E-state index contributed by atoms with van der Waals surface area (Å²) in [7, 11) is 6.38. The quantitative estimate of drug-likeness (QED) is 0.451. The molecule has 0 spiro atoms. The second-order valence-corrected chi connectivity index (χ2v) is 6.51. The fourth-order valence-electron chi connectivity index (χ4n) is 2.33. The Morgan fingerprint density at radius 3 is 1.33 bits per heavy atom. The van der Waals surface area contributed by atoms with Gasteiger partial charge in [0.05, 0.1) is 7.85 Å². The molecule has 0 bridgehead atoms. The van der Waals surface area contributed by atoms with Crippen LogP contribution >= 0.6 is 0 Å². The summed E-state index contributed by atoms with van der Waals surface area (Å²) in [4.78, 5) is 0. The summed E-state index contributed by atoms with van der Waals surface area (Å²) in [6.45, 7) is 19.0. The van der Waals surface area contributed by atoms with Crippen molar-refractivity contribution < 1.29 is 0 Å². The van der Waals surface area contributed by atoms with Crippen LogP contribution < -0.4 is 0 Å². The molecule has 0 unspecified atom stereocenters. The van der Waals surface area contributed by atoms with Gasteiger partial charge in [0.1, 0.15) is 0 Å². The van der Waals surface area contributed by atoms with Gasteiger partial charge >= 0.3 is 0 Å². The van der Waals surface area contributed by atoms with Crippen LogP contribution in [0.3, 0.4) is 0 Å². The van der Waals surface area contributed by atoms with Crippen molar-refractivity contribution >= 4 is 7.85 Å². The topological polar surface area (TPSA) is 0 Å². The largest absolute Gasteiger partial charge is 0.0808 e. The first-order valence-electron chi connectivity index (χ1n) is 9.02. The minimum atomic E-state index is 0.0437. The number of hydrogen-bond donors (Lipinski definition) is 0. The second kappa shape index (κ2) is 12.1. The van der Waals surface area contributed by atoms with Crippen molar-refractivity contribution in [3.8, 4) is 0 Å². The monoisotopic (exact) mass is 290 g/mol. The summed E-state index contributed by atoms with van der Waals surface area (Å²) in [5.74, 6) is 1.42. The van der Waals surface area contributed by atoms with Gasteiger partial charge in [0.15, 0.2) is 0 Å². The van der Waals surface area contributed by atoms with Crippen LogP contribution in [0.1, 0.15) is 88.0 Å². The van der Waals surface area contributed by atoms with Crippen molar-refractivity contribution in [2.24, 2.45) is 11.8 Å². The minimum absolute atomic E-state index is 0.0437. The van der Waals surface area contributed by atoms with E-state index in [4.69, 9.17) is 7.85 Å². The molecule has 0 saturated heterocycles. The molecular formula is C20H39B. The van der Waals surface area contributed by atoms with Gasteiger partial charge in [-0.1, -0.05) is 79.8 Å². The van der Waals surface area contributed by atoms with Crippen LogP contribution in [0.5, 0.6) is 0 Å². The van der Waals surface area contributed by atoms with Crippen molar-refractivity contribution in [3.63, 3.8) is 0 Å². The van der Waals surface area contributed by atoms with E-state index >= 15 is 0 Å². The molecule has 2 rings (SSSR count). The Labute approximate surface area is 136 Å². The molecule has 2 aliphatic rings. The lowest BCUT2D eigenvalue weighted by molar-refractivity contribution is 0.435. The van der Waals surface area contributed by atoms with Crippen molar-refractivity contribution in [1.82, 2.24) is 0 Å². The standard InChI is InChI=1S/C12H17B.C4H10.2C2H6/c1-9(2)12(13)7-10-5-3-4-6-11(10)8-12;1-4(2)3;2*1-2/h5-6,9H,3-4,7-8H2,1-2H3;4H,1-3H3;2*1-2H3. The van der Waals surface area contributed by atoms with Crippen LogP contribution in [-0.2, 0) is 0 Å². The SMILES string of the molecule is CC.CC.CC(C)C.[B]C1(C(C)C)CC2=CCCC=C2C1. The molecule has 0 aromatic rings. The zero-order valence-corrected chi connectivity index (χ0v) is 16.2. The van der Waals surface area contributed by atoms with Gasteiger partial charge in [0.2, 0.25) is 0 Å². The first-order chi connectivity index (χ1) is 9.85. The molecule has 0 atom stereocenters. The summed E-state index contributed by atoms with van der Waals surface area (Å²) in [6, 6.07) is 0. The molecule has 1 heteroatoms. The lowest BCUT2D eigenvalue weighted by atomic mass is 9.60. The summed E-state index contributed by atoms with van der Waals surface area (Å²) in [6.07, 6.45) is 9.38. The van der Waals surface area contributed by atoms with E-state index < -0.39 is 0 Å². The van der Waals surface area contributed by atoms with Crippen molar-refractivity contribution in [2.75, 3.05) is 0 Å². The third kappa shape index (κ3) is 8.54. The molecule has 0 aromatic heterocycles. The number of fused-ring (bicyclic) bond motifs is 1. The van der Waals surface area contributed by atoms with Gasteiger partial charge in [-0.2, -0.15) is 0 Å². The molecule has 2 aliphatic carbocycles. The third-order valence-corrected chi connectivity index (χ3v) is 3.55.